The number of ether oxygens (including phenoxy) is 1. The van der Waals surface area contributed by atoms with Gasteiger partial charge in [-0.1, -0.05) is 63.4 Å². The monoisotopic (exact) mass is 447 g/mol. The molecule has 0 aromatic heterocycles. The van der Waals surface area contributed by atoms with E-state index in [1.165, 1.54) is 4.90 Å². The fraction of sp³-hybridized carbons (Fsp3) is 0.640. The smallest absolute Gasteiger partial charge is 0.408 e. The first kappa shape index (κ1) is 27.5. The second-order valence-electron chi connectivity index (χ2n) is 9.63. The van der Waals surface area contributed by atoms with Gasteiger partial charge in [-0.25, -0.2) is 4.79 Å². The highest BCUT2D eigenvalue weighted by Crippen LogP contribution is 2.23. The van der Waals surface area contributed by atoms with Gasteiger partial charge in [0.2, 0.25) is 11.8 Å². The maximum absolute atomic E-state index is 13.4. The number of hydrogen-bond acceptors (Lipinski definition) is 4. The molecule has 0 fully saturated rings. The largest absolute Gasteiger partial charge is 0.444 e. The van der Waals surface area contributed by atoms with E-state index in [1.54, 1.807) is 27.8 Å². The van der Waals surface area contributed by atoms with Crippen LogP contribution in [-0.4, -0.2) is 48.0 Å². The molecule has 0 aliphatic heterocycles. The Morgan fingerprint density at radius 1 is 1.06 bits per heavy atom. The van der Waals surface area contributed by atoms with Crippen LogP contribution in [0.5, 0.6) is 0 Å². The zero-order valence-corrected chi connectivity index (χ0v) is 21.0. The molecule has 0 saturated carbocycles. The predicted octanol–water partition coefficient (Wildman–Crippen LogP) is 4.35. The van der Waals surface area contributed by atoms with Gasteiger partial charge in [-0.05, 0) is 45.6 Å². The molecule has 2 N–H and O–H groups in total. The molecule has 1 aromatic rings. The quantitative estimate of drug-likeness (QED) is 0.522. The van der Waals surface area contributed by atoms with E-state index < -0.39 is 23.8 Å². The fourth-order valence-corrected chi connectivity index (χ4v) is 3.28. The summed E-state index contributed by atoms with van der Waals surface area (Å²) in [7, 11) is 1.60. The molecule has 2 unspecified atom stereocenters. The predicted molar refractivity (Wildman–Crippen MR) is 127 cm³/mol. The SMILES string of the molecule is CCCCCNC(=O)C(c1ccc(C)cc1)N(C)C(=O)C(NC(=O)OC(C)(C)C)C(C)C. The number of amides is 3. The van der Waals surface area contributed by atoms with Crippen molar-refractivity contribution in [2.75, 3.05) is 13.6 Å². The van der Waals surface area contributed by atoms with Gasteiger partial charge in [0.15, 0.2) is 0 Å². The van der Waals surface area contributed by atoms with Crippen molar-refractivity contribution >= 4 is 17.9 Å². The van der Waals surface area contributed by atoms with Crippen LogP contribution in [0.1, 0.15) is 78.0 Å². The lowest BCUT2D eigenvalue weighted by Crippen LogP contribution is -2.53. The Kier molecular flexibility index (Phi) is 10.7. The van der Waals surface area contributed by atoms with Gasteiger partial charge in [0.25, 0.3) is 0 Å². The van der Waals surface area contributed by atoms with E-state index in [1.807, 2.05) is 45.0 Å². The lowest BCUT2D eigenvalue weighted by atomic mass is 9.99. The summed E-state index contributed by atoms with van der Waals surface area (Å²) in [5, 5.41) is 5.65. The Labute approximate surface area is 193 Å². The summed E-state index contributed by atoms with van der Waals surface area (Å²) in [4.78, 5) is 40.3. The van der Waals surface area contributed by atoms with Crippen molar-refractivity contribution in [2.45, 2.75) is 85.4 Å². The molecule has 1 aromatic carbocycles. The second kappa shape index (κ2) is 12.5. The average Bonchev–Trinajstić information content (AvgIpc) is 2.69. The van der Waals surface area contributed by atoms with Crippen LogP contribution in [0.2, 0.25) is 0 Å². The number of carbonyl (C=O) groups is 3. The first-order valence-electron chi connectivity index (χ1n) is 11.5. The van der Waals surface area contributed by atoms with Crippen molar-refractivity contribution in [3.63, 3.8) is 0 Å². The van der Waals surface area contributed by atoms with Crippen molar-refractivity contribution in [3.8, 4) is 0 Å². The number of aryl methyl sites for hydroxylation is 1. The number of carbonyl (C=O) groups excluding carboxylic acids is 3. The number of rotatable bonds is 10. The number of nitrogens with zero attached hydrogens (tertiary/aromatic N) is 1. The number of nitrogens with one attached hydrogen (secondary N) is 2. The molecule has 7 heteroatoms. The molecule has 0 aliphatic carbocycles. The van der Waals surface area contributed by atoms with Crippen LogP contribution in [0.4, 0.5) is 4.79 Å². The normalized spacial score (nSPS) is 13.3. The molecule has 180 valence electrons. The van der Waals surface area contributed by atoms with Crippen LogP contribution < -0.4 is 10.6 Å². The minimum absolute atomic E-state index is 0.191. The van der Waals surface area contributed by atoms with Crippen LogP contribution in [0.25, 0.3) is 0 Å². The lowest BCUT2D eigenvalue weighted by molar-refractivity contribution is -0.141. The molecule has 7 nitrogen and oxygen atoms in total. The third-order valence-electron chi connectivity index (χ3n) is 5.06. The van der Waals surface area contributed by atoms with Crippen LogP contribution in [0, 0.1) is 12.8 Å². The summed E-state index contributed by atoms with van der Waals surface area (Å²) >= 11 is 0. The molecule has 0 aliphatic rings. The number of alkyl carbamates (subject to hydrolysis) is 1. The van der Waals surface area contributed by atoms with Crippen molar-refractivity contribution in [1.29, 1.82) is 0 Å². The van der Waals surface area contributed by atoms with Crippen molar-refractivity contribution < 1.29 is 19.1 Å². The minimum atomic E-state index is -0.823. The Bertz CT molecular complexity index is 753. The van der Waals surface area contributed by atoms with Gasteiger partial charge in [-0.2, -0.15) is 0 Å². The summed E-state index contributed by atoms with van der Waals surface area (Å²) in [6, 6.07) is 5.94. The van der Waals surface area contributed by atoms with Crippen molar-refractivity contribution in [2.24, 2.45) is 5.92 Å². The first-order chi connectivity index (χ1) is 14.9. The molecule has 3 amide bonds. The third-order valence-corrected chi connectivity index (χ3v) is 5.06. The summed E-state index contributed by atoms with van der Waals surface area (Å²) in [5.74, 6) is -0.774. The first-order valence-corrected chi connectivity index (χ1v) is 11.5. The van der Waals surface area contributed by atoms with Crippen molar-refractivity contribution in [1.82, 2.24) is 15.5 Å². The van der Waals surface area contributed by atoms with E-state index >= 15 is 0 Å². The number of hydrogen-bond donors (Lipinski definition) is 2. The van der Waals surface area contributed by atoms with Crippen LogP contribution >= 0.6 is 0 Å². The number of unbranched alkanes of at least 4 members (excludes halogenated alkanes) is 2. The van der Waals surface area contributed by atoms with E-state index in [9.17, 15) is 14.4 Å². The summed E-state index contributed by atoms with van der Waals surface area (Å²) < 4.78 is 5.33. The van der Waals surface area contributed by atoms with E-state index in [4.69, 9.17) is 4.74 Å². The molecular weight excluding hydrogens is 406 g/mol. The van der Waals surface area contributed by atoms with Gasteiger partial charge in [-0.3, -0.25) is 9.59 Å². The van der Waals surface area contributed by atoms with E-state index in [0.29, 0.717) is 6.54 Å². The highest BCUT2D eigenvalue weighted by molar-refractivity contribution is 5.92. The molecule has 0 spiro atoms. The van der Waals surface area contributed by atoms with Crippen molar-refractivity contribution in [3.05, 3.63) is 35.4 Å². The van der Waals surface area contributed by atoms with Gasteiger partial charge in [0.1, 0.15) is 17.7 Å². The summed E-state index contributed by atoms with van der Waals surface area (Å²) in [6.45, 7) is 13.6. The second-order valence-corrected chi connectivity index (χ2v) is 9.63. The van der Waals surface area contributed by atoms with Crippen LogP contribution in [0.15, 0.2) is 24.3 Å². The maximum atomic E-state index is 13.4. The van der Waals surface area contributed by atoms with E-state index in [0.717, 1.165) is 30.4 Å². The van der Waals surface area contributed by atoms with Crippen LogP contribution in [0.3, 0.4) is 0 Å². The molecular formula is C25H41N3O4. The van der Waals surface area contributed by atoms with Gasteiger partial charge >= 0.3 is 6.09 Å². The third kappa shape index (κ3) is 8.89. The maximum Gasteiger partial charge on any atom is 0.408 e. The molecule has 0 saturated heterocycles. The van der Waals surface area contributed by atoms with Gasteiger partial charge in [0, 0.05) is 13.6 Å². The highest BCUT2D eigenvalue weighted by atomic mass is 16.6. The standard InChI is InChI=1S/C25H41N3O4/c1-9-10-11-16-26-22(29)21(19-14-12-18(4)13-15-19)28(8)23(30)20(17(2)3)27-24(31)32-25(5,6)7/h12-15,17,20-21H,9-11,16H2,1-8H3,(H,26,29)(H,27,31). The zero-order valence-electron chi connectivity index (χ0n) is 21.0. The topological polar surface area (TPSA) is 87.7 Å². The fourth-order valence-electron chi connectivity index (χ4n) is 3.28. The van der Waals surface area contributed by atoms with Crippen LogP contribution in [-0.2, 0) is 14.3 Å². The molecule has 1 rings (SSSR count). The Balaban J connectivity index is 3.12. The van der Waals surface area contributed by atoms with E-state index in [2.05, 4.69) is 17.6 Å². The Hall–Kier alpha value is -2.57. The molecule has 0 radical (unpaired) electrons. The molecule has 0 bridgehead atoms. The lowest BCUT2D eigenvalue weighted by Gasteiger charge is -2.33. The molecule has 0 heterocycles. The van der Waals surface area contributed by atoms with Gasteiger partial charge in [0.05, 0.1) is 0 Å². The number of benzene rings is 1. The molecule has 32 heavy (non-hydrogen) atoms. The average molecular weight is 448 g/mol. The highest BCUT2D eigenvalue weighted by Gasteiger charge is 2.35. The Morgan fingerprint density at radius 2 is 1.66 bits per heavy atom. The number of likely N-dealkylation sites (N-methyl/N-ethyl adjacent to an activating group) is 1. The van der Waals surface area contributed by atoms with Gasteiger partial charge < -0.3 is 20.3 Å². The van der Waals surface area contributed by atoms with Gasteiger partial charge in [-0.15, -0.1) is 0 Å². The van der Waals surface area contributed by atoms with E-state index in [-0.39, 0.29) is 17.7 Å². The molecule has 2 atom stereocenters. The summed E-state index contributed by atoms with van der Waals surface area (Å²) in [6.07, 6.45) is 2.31. The zero-order chi connectivity index (χ0) is 24.5. The Morgan fingerprint density at radius 3 is 2.16 bits per heavy atom. The minimum Gasteiger partial charge on any atom is -0.444 e. The summed E-state index contributed by atoms with van der Waals surface area (Å²) in [5.41, 5.74) is 1.11.